The van der Waals surface area contributed by atoms with Gasteiger partial charge < -0.3 is 10.0 Å². The second-order valence-corrected chi connectivity index (χ2v) is 5.83. The van der Waals surface area contributed by atoms with Crippen LogP contribution in [-0.2, 0) is 4.79 Å². The average molecular weight is 254 g/mol. The van der Waals surface area contributed by atoms with Gasteiger partial charge in [-0.3, -0.25) is 9.69 Å². The van der Waals surface area contributed by atoms with Crippen LogP contribution in [0.5, 0.6) is 0 Å². The molecule has 2 rings (SSSR count). The van der Waals surface area contributed by atoms with E-state index in [9.17, 15) is 4.79 Å². The molecule has 0 radical (unpaired) electrons. The van der Waals surface area contributed by atoms with Gasteiger partial charge in [0.1, 0.15) is 0 Å². The molecule has 4 nitrogen and oxygen atoms in total. The Morgan fingerprint density at radius 3 is 2.83 bits per heavy atom. The zero-order valence-electron chi connectivity index (χ0n) is 11.5. The quantitative estimate of drug-likeness (QED) is 0.817. The minimum Gasteiger partial charge on any atom is -0.396 e. The monoisotopic (exact) mass is 254 g/mol. The molecule has 0 saturated carbocycles. The highest BCUT2D eigenvalue weighted by molar-refractivity contribution is 5.78. The first-order valence-corrected chi connectivity index (χ1v) is 7.33. The van der Waals surface area contributed by atoms with Gasteiger partial charge in [0.05, 0.1) is 6.54 Å². The number of aliphatic hydroxyl groups is 1. The summed E-state index contributed by atoms with van der Waals surface area (Å²) in [7, 11) is 0. The van der Waals surface area contributed by atoms with E-state index in [1.165, 1.54) is 6.42 Å². The molecule has 1 amide bonds. The van der Waals surface area contributed by atoms with Crippen molar-refractivity contribution in [1.29, 1.82) is 0 Å². The topological polar surface area (TPSA) is 43.8 Å². The predicted molar refractivity (Wildman–Crippen MR) is 71.3 cm³/mol. The van der Waals surface area contributed by atoms with Crippen LogP contribution in [0.1, 0.15) is 39.0 Å². The predicted octanol–water partition coefficient (Wildman–Crippen LogP) is 1.09. The molecule has 1 N–H and O–H groups in total. The zero-order chi connectivity index (χ0) is 13.0. The summed E-state index contributed by atoms with van der Waals surface area (Å²) >= 11 is 0. The van der Waals surface area contributed by atoms with Crippen molar-refractivity contribution in [3.8, 4) is 0 Å². The van der Waals surface area contributed by atoms with Crippen molar-refractivity contribution in [2.24, 2.45) is 5.92 Å². The van der Waals surface area contributed by atoms with Crippen LogP contribution in [-0.4, -0.2) is 59.6 Å². The second-order valence-electron chi connectivity index (χ2n) is 5.83. The van der Waals surface area contributed by atoms with Gasteiger partial charge in [-0.1, -0.05) is 0 Å². The SMILES string of the molecule is CC1CCCCN1C(=O)CN1CCC(CCO)C1. The van der Waals surface area contributed by atoms with E-state index >= 15 is 0 Å². The van der Waals surface area contributed by atoms with Crippen molar-refractivity contribution in [2.75, 3.05) is 32.8 Å². The molecule has 2 fully saturated rings. The third kappa shape index (κ3) is 3.45. The van der Waals surface area contributed by atoms with Crippen LogP contribution in [0.2, 0.25) is 0 Å². The molecule has 0 bridgehead atoms. The van der Waals surface area contributed by atoms with Gasteiger partial charge >= 0.3 is 0 Å². The summed E-state index contributed by atoms with van der Waals surface area (Å²) in [6.45, 7) is 5.94. The van der Waals surface area contributed by atoms with E-state index in [1.807, 2.05) is 0 Å². The largest absolute Gasteiger partial charge is 0.396 e. The van der Waals surface area contributed by atoms with Crippen molar-refractivity contribution >= 4 is 5.91 Å². The Bertz CT molecular complexity index is 283. The Kier molecular flexibility index (Phi) is 5.01. The summed E-state index contributed by atoms with van der Waals surface area (Å²) in [6, 6.07) is 0.419. The molecule has 18 heavy (non-hydrogen) atoms. The van der Waals surface area contributed by atoms with Crippen LogP contribution in [0.25, 0.3) is 0 Å². The second kappa shape index (κ2) is 6.53. The first-order chi connectivity index (χ1) is 8.70. The minimum atomic E-state index is 0.273. The molecule has 2 saturated heterocycles. The maximum atomic E-state index is 12.3. The third-order valence-corrected chi connectivity index (χ3v) is 4.39. The molecule has 2 heterocycles. The fourth-order valence-corrected chi connectivity index (χ4v) is 3.23. The molecule has 2 aliphatic rings. The fraction of sp³-hybridized carbons (Fsp3) is 0.929. The summed E-state index contributed by atoms with van der Waals surface area (Å²) in [4.78, 5) is 16.6. The summed E-state index contributed by atoms with van der Waals surface area (Å²) in [5.74, 6) is 0.883. The van der Waals surface area contributed by atoms with Crippen LogP contribution in [0.3, 0.4) is 0 Å². The van der Waals surface area contributed by atoms with Crippen molar-refractivity contribution in [3.05, 3.63) is 0 Å². The van der Waals surface area contributed by atoms with Gasteiger partial charge in [0.25, 0.3) is 0 Å². The van der Waals surface area contributed by atoms with Gasteiger partial charge in [-0.25, -0.2) is 0 Å². The van der Waals surface area contributed by atoms with Gasteiger partial charge in [0.15, 0.2) is 0 Å². The fourth-order valence-electron chi connectivity index (χ4n) is 3.23. The maximum absolute atomic E-state index is 12.3. The van der Waals surface area contributed by atoms with E-state index in [0.717, 1.165) is 45.3 Å². The van der Waals surface area contributed by atoms with Crippen LogP contribution in [0.4, 0.5) is 0 Å². The number of aliphatic hydroxyl groups excluding tert-OH is 1. The molecule has 2 unspecified atom stereocenters. The Hall–Kier alpha value is -0.610. The van der Waals surface area contributed by atoms with Crippen molar-refractivity contribution in [2.45, 2.75) is 45.1 Å². The smallest absolute Gasteiger partial charge is 0.236 e. The summed E-state index contributed by atoms with van der Waals surface area (Å²) in [6.07, 6.45) is 5.57. The highest BCUT2D eigenvalue weighted by Gasteiger charge is 2.28. The standard InChI is InChI=1S/C14H26N2O2/c1-12-4-2-3-7-16(12)14(18)11-15-8-5-13(10-15)6-9-17/h12-13,17H,2-11H2,1H3. The lowest BCUT2D eigenvalue weighted by atomic mass is 10.0. The molecule has 0 aromatic carbocycles. The molecule has 104 valence electrons. The summed E-state index contributed by atoms with van der Waals surface area (Å²) < 4.78 is 0. The van der Waals surface area contributed by atoms with E-state index in [2.05, 4.69) is 16.7 Å². The summed E-state index contributed by atoms with van der Waals surface area (Å²) in [5.41, 5.74) is 0. The number of amides is 1. The minimum absolute atomic E-state index is 0.273. The third-order valence-electron chi connectivity index (χ3n) is 4.39. The number of hydrogen-bond acceptors (Lipinski definition) is 3. The molecule has 0 aromatic rings. The van der Waals surface area contributed by atoms with Crippen LogP contribution < -0.4 is 0 Å². The van der Waals surface area contributed by atoms with Crippen LogP contribution in [0.15, 0.2) is 0 Å². The first-order valence-electron chi connectivity index (χ1n) is 7.33. The number of piperidine rings is 1. The lowest BCUT2D eigenvalue weighted by Crippen LogP contribution is -2.46. The Balaban J connectivity index is 1.77. The molecule has 0 aliphatic carbocycles. The highest BCUT2D eigenvalue weighted by Crippen LogP contribution is 2.21. The number of nitrogens with zero attached hydrogens (tertiary/aromatic N) is 2. The molecular formula is C14H26N2O2. The van der Waals surface area contributed by atoms with E-state index in [4.69, 9.17) is 5.11 Å². The lowest BCUT2D eigenvalue weighted by Gasteiger charge is -2.34. The van der Waals surface area contributed by atoms with Gasteiger partial charge in [-0.2, -0.15) is 0 Å². The van der Waals surface area contributed by atoms with E-state index in [-0.39, 0.29) is 6.61 Å². The number of carbonyl (C=O) groups excluding carboxylic acids is 1. The van der Waals surface area contributed by atoms with Gasteiger partial charge in [0, 0.05) is 25.7 Å². The maximum Gasteiger partial charge on any atom is 0.236 e. The number of likely N-dealkylation sites (tertiary alicyclic amines) is 2. The number of rotatable bonds is 4. The normalized spacial score (nSPS) is 29.8. The molecule has 2 aliphatic heterocycles. The molecule has 0 aromatic heterocycles. The molecule has 0 spiro atoms. The summed E-state index contributed by atoms with van der Waals surface area (Å²) in [5, 5.41) is 8.94. The average Bonchev–Trinajstić information content (AvgIpc) is 2.77. The molecule has 4 heteroatoms. The number of carbonyl (C=O) groups is 1. The van der Waals surface area contributed by atoms with Crippen LogP contribution in [0, 0.1) is 5.92 Å². The van der Waals surface area contributed by atoms with Crippen molar-refractivity contribution < 1.29 is 9.90 Å². The van der Waals surface area contributed by atoms with Gasteiger partial charge in [0.2, 0.25) is 5.91 Å². The van der Waals surface area contributed by atoms with Gasteiger partial charge in [-0.05, 0) is 51.5 Å². The lowest BCUT2D eigenvalue weighted by molar-refractivity contribution is -0.135. The Morgan fingerprint density at radius 1 is 1.28 bits per heavy atom. The number of hydrogen-bond donors (Lipinski definition) is 1. The van der Waals surface area contributed by atoms with E-state index in [0.29, 0.717) is 24.4 Å². The Morgan fingerprint density at radius 2 is 2.11 bits per heavy atom. The first kappa shape index (κ1) is 13.8. The molecular weight excluding hydrogens is 228 g/mol. The van der Waals surface area contributed by atoms with Crippen molar-refractivity contribution in [1.82, 2.24) is 9.80 Å². The molecule has 2 atom stereocenters. The van der Waals surface area contributed by atoms with E-state index in [1.54, 1.807) is 0 Å². The highest BCUT2D eigenvalue weighted by atomic mass is 16.3. The Labute approximate surface area is 110 Å². The zero-order valence-corrected chi connectivity index (χ0v) is 11.5. The van der Waals surface area contributed by atoms with Crippen molar-refractivity contribution in [3.63, 3.8) is 0 Å². The van der Waals surface area contributed by atoms with E-state index < -0.39 is 0 Å². The van der Waals surface area contributed by atoms with Crippen LogP contribution >= 0.6 is 0 Å². The van der Waals surface area contributed by atoms with Gasteiger partial charge in [-0.15, -0.1) is 0 Å².